The maximum atomic E-state index is 13.9. The van der Waals surface area contributed by atoms with Crippen LogP contribution in [0, 0.1) is 0 Å². The van der Waals surface area contributed by atoms with Crippen LogP contribution in [0.5, 0.6) is 5.75 Å². The van der Waals surface area contributed by atoms with E-state index in [-0.39, 0.29) is 11.3 Å². The summed E-state index contributed by atoms with van der Waals surface area (Å²) in [5, 5.41) is 22.6. The number of hydrogen-bond acceptors (Lipinski definition) is 7. The van der Waals surface area contributed by atoms with E-state index in [9.17, 15) is 9.50 Å². The average molecular weight is 413 g/mol. The van der Waals surface area contributed by atoms with Crippen LogP contribution in [0.2, 0.25) is 0 Å². The fourth-order valence-electron chi connectivity index (χ4n) is 3.65. The number of rotatable bonds is 5. The predicted octanol–water partition coefficient (Wildman–Crippen LogP) is 3.61. The number of benzene rings is 1. The first-order valence-electron chi connectivity index (χ1n) is 10.1. The van der Waals surface area contributed by atoms with E-state index < -0.39 is 5.97 Å². The molecule has 2 heterocycles. The van der Waals surface area contributed by atoms with Crippen LogP contribution in [0.1, 0.15) is 39.7 Å². The first-order valence-corrected chi connectivity index (χ1v) is 10.1. The van der Waals surface area contributed by atoms with Gasteiger partial charge in [0.1, 0.15) is 11.4 Å². The van der Waals surface area contributed by atoms with Crippen LogP contribution in [0.15, 0.2) is 35.5 Å². The van der Waals surface area contributed by atoms with Crippen molar-refractivity contribution in [2.45, 2.75) is 45.7 Å². The van der Waals surface area contributed by atoms with Gasteiger partial charge in [0.05, 0.1) is 6.20 Å². The van der Waals surface area contributed by atoms with Crippen LogP contribution in [-0.2, 0) is 0 Å². The van der Waals surface area contributed by atoms with Gasteiger partial charge in [-0.15, -0.1) is 10.2 Å². The first kappa shape index (κ1) is 21.8. The molecule has 7 nitrogen and oxygen atoms in total. The molecule has 1 saturated heterocycles. The molecular weight excluding hydrogens is 383 g/mol. The minimum atomic E-state index is -0.583. The molecule has 2 aromatic rings. The molecule has 1 aromatic carbocycles. The lowest BCUT2D eigenvalue weighted by molar-refractivity contribution is 0.373. The number of aliphatic imine (C=N–C) groups is 1. The summed E-state index contributed by atoms with van der Waals surface area (Å²) >= 11 is 0. The Morgan fingerprint density at radius 2 is 2.10 bits per heavy atom. The summed E-state index contributed by atoms with van der Waals surface area (Å²) in [5.41, 5.74) is 1.87. The second-order valence-electron chi connectivity index (χ2n) is 8.42. The lowest BCUT2D eigenvalue weighted by Gasteiger charge is -2.25. The summed E-state index contributed by atoms with van der Waals surface area (Å²) < 4.78 is 13.9. The van der Waals surface area contributed by atoms with Gasteiger partial charge in [-0.25, -0.2) is 4.98 Å². The minimum absolute atomic E-state index is 0.0183. The third-order valence-corrected chi connectivity index (χ3v) is 4.95. The molecule has 0 saturated carbocycles. The zero-order chi connectivity index (χ0) is 21.9. The summed E-state index contributed by atoms with van der Waals surface area (Å²) in [7, 11) is 1.39. The molecule has 1 aliphatic heterocycles. The van der Waals surface area contributed by atoms with Gasteiger partial charge < -0.3 is 15.3 Å². The van der Waals surface area contributed by atoms with Crippen molar-refractivity contribution in [3.8, 4) is 17.0 Å². The summed E-state index contributed by atoms with van der Waals surface area (Å²) in [6.07, 6.45) is 4.24. The number of nitrogens with zero attached hydrogens (tertiary/aromatic N) is 5. The Bertz CT molecular complexity index is 949. The quantitative estimate of drug-likeness (QED) is 0.730. The largest absolute Gasteiger partial charge is 0.507 e. The smallest absolute Gasteiger partial charge is 0.245 e. The van der Waals surface area contributed by atoms with E-state index in [0.29, 0.717) is 34.4 Å². The fourth-order valence-corrected chi connectivity index (χ4v) is 3.65. The van der Waals surface area contributed by atoms with E-state index in [1.807, 2.05) is 0 Å². The molecule has 0 bridgehead atoms. The number of anilines is 1. The number of hydrogen-bond donors (Lipinski definition) is 2. The minimum Gasteiger partial charge on any atom is -0.507 e. The molecule has 1 aliphatic rings. The molecule has 0 aliphatic carbocycles. The van der Waals surface area contributed by atoms with Crippen molar-refractivity contribution in [1.82, 2.24) is 20.5 Å². The first-order chi connectivity index (χ1) is 14.2. The van der Waals surface area contributed by atoms with Crippen LogP contribution < -0.4 is 10.2 Å². The molecule has 1 atom stereocenters. The average Bonchev–Trinajstić information content (AvgIpc) is 3.15. The van der Waals surface area contributed by atoms with E-state index in [2.05, 4.69) is 51.2 Å². The van der Waals surface area contributed by atoms with Crippen LogP contribution in [0.25, 0.3) is 16.8 Å². The zero-order valence-electron chi connectivity index (χ0n) is 18.1. The van der Waals surface area contributed by atoms with E-state index in [0.717, 1.165) is 19.5 Å². The lowest BCUT2D eigenvalue weighted by Crippen LogP contribution is -2.45. The van der Waals surface area contributed by atoms with Gasteiger partial charge in [0.2, 0.25) is 11.9 Å². The van der Waals surface area contributed by atoms with Gasteiger partial charge in [-0.2, -0.15) is 4.39 Å². The fraction of sp³-hybridized carbons (Fsp3) is 0.455. The predicted molar refractivity (Wildman–Crippen MR) is 119 cm³/mol. The highest BCUT2D eigenvalue weighted by Gasteiger charge is 2.27. The standard InChI is InChI=1S/C22H29FN6O/c1-6-16(20(23)24-5)14-7-8-17(19(30)11-14)18-12-25-21(28-27-18)29-10-9-15(13-29)26-22(2,3)4/h6-8,11-12,15,26,30H,9-10,13H2,1-5H3/b16-6-,24-20?. The monoisotopic (exact) mass is 412 g/mol. The van der Waals surface area contributed by atoms with E-state index >= 15 is 0 Å². The highest BCUT2D eigenvalue weighted by molar-refractivity contribution is 6.19. The van der Waals surface area contributed by atoms with Gasteiger partial charge in [0.15, 0.2) is 0 Å². The van der Waals surface area contributed by atoms with Gasteiger partial charge in [0.25, 0.3) is 0 Å². The normalized spacial score (nSPS) is 18.2. The number of phenolic OH excluding ortho intramolecular Hbond substituents is 1. The molecule has 30 heavy (non-hydrogen) atoms. The lowest BCUT2D eigenvalue weighted by atomic mass is 10.0. The second-order valence-corrected chi connectivity index (χ2v) is 8.42. The van der Waals surface area contributed by atoms with Crippen molar-refractivity contribution in [3.63, 3.8) is 0 Å². The molecule has 160 valence electrons. The Balaban J connectivity index is 1.75. The molecule has 3 rings (SSSR count). The topological polar surface area (TPSA) is 86.5 Å². The summed E-state index contributed by atoms with van der Waals surface area (Å²) in [5.74, 6) is -0.0268. The van der Waals surface area contributed by atoms with Crippen molar-refractivity contribution in [2.24, 2.45) is 4.99 Å². The van der Waals surface area contributed by atoms with Crippen LogP contribution in [0.3, 0.4) is 0 Å². The van der Waals surface area contributed by atoms with Gasteiger partial charge in [-0.05, 0) is 51.8 Å². The highest BCUT2D eigenvalue weighted by Crippen LogP contribution is 2.31. The number of aromatic nitrogens is 3. The van der Waals surface area contributed by atoms with E-state index in [1.165, 1.54) is 13.1 Å². The number of nitrogens with one attached hydrogen (secondary N) is 1. The molecule has 8 heteroatoms. The Hall–Kier alpha value is -2.87. The van der Waals surface area contributed by atoms with Crippen LogP contribution in [-0.4, -0.2) is 58.0 Å². The number of phenols is 1. The molecule has 0 spiro atoms. The van der Waals surface area contributed by atoms with Gasteiger partial charge in [-0.3, -0.25) is 4.99 Å². The van der Waals surface area contributed by atoms with Gasteiger partial charge in [-0.1, -0.05) is 12.1 Å². The van der Waals surface area contributed by atoms with Crippen molar-refractivity contribution < 1.29 is 9.50 Å². The second kappa shape index (κ2) is 8.87. The number of halogens is 1. The van der Waals surface area contributed by atoms with Gasteiger partial charge in [0, 0.05) is 42.9 Å². The summed E-state index contributed by atoms with van der Waals surface area (Å²) in [6, 6.07) is 5.28. The van der Waals surface area contributed by atoms with Crippen molar-refractivity contribution >= 4 is 17.5 Å². The third-order valence-electron chi connectivity index (χ3n) is 4.95. The molecule has 0 amide bonds. The molecule has 2 N–H and O–H groups in total. The molecule has 1 unspecified atom stereocenters. The third kappa shape index (κ3) is 4.99. The Morgan fingerprint density at radius 1 is 1.33 bits per heavy atom. The molecular formula is C22H29FN6O. The van der Waals surface area contributed by atoms with Crippen molar-refractivity contribution in [1.29, 1.82) is 0 Å². The van der Waals surface area contributed by atoms with Crippen molar-refractivity contribution in [2.75, 3.05) is 25.0 Å². The van der Waals surface area contributed by atoms with Crippen LogP contribution in [0.4, 0.5) is 10.3 Å². The highest BCUT2D eigenvalue weighted by atomic mass is 19.1. The SMILES string of the molecule is C/C=C(\C(F)=NC)c1ccc(-c2cnc(N3CCC(NC(C)(C)C)C3)nn2)c(O)c1. The van der Waals surface area contributed by atoms with E-state index in [4.69, 9.17) is 0 Å². The summed E-state index contributed by atoms with van der Waals surface area (Å²) in [6.45, 7) is 9.88. The molecule has 1 fully saturated rings. The number of aromatic hydroxyl groups is 1. The van der Waals surface area contributed by atoms with E-state index in [1.54, 1.807) is 31.3 Å². The molecule has 1 aromatic heterocycles. The number of allylic oxidation sites excluding steroid dienone is 2. The Kier molecular flexibility index (Phi) is 6.45. The Morgan fingerprint density at radius 3 is 2.67 bits per heavy atom. The zero-order valence-corrected chi connectivity index (χ0v) is 18.1. The Labute approximate surface area is 176 Å². The summed E-state index contributed by atoms with van der Waals surface area (Å²) in [4.78, 5) is 10.1. The maximum absolute atomic E-state index is 13.9. The van der Waals surface area contributed by atoms with Crippen molar-refractivity contribution in [3.05, 3.63) is 36.0 Å². The van der Waals surface area contributed by atoms with Gasteiger partial charge >= 0.3 is 0 Å². The maximum Gasteiger partial charge on any atom is 0.245 e. The van der Waals surface area contributed by atoms with Crippen LogP contribution >= 0.6 is 0 Å². The molecule has 0 radical (unpaired) electrons.